The van der Waals surface area contributed by atoms with Crippen LogP contribution in [0.25, 0.3) is 0 Å². The predicted molar refractivity (Wildman–Crippen MR) is 120 cm³/mol. The van der Waals surface area contributed by atoms with Crippen LogP contribution in [-0.4, -0.2) is 27.6 Å². The average Bonchev–Trinajstić information content (AvgIpc) is 2.75. The standard InChI is InChI=1S/C23H21N5O4/c1-12-3-7-16(8-4-12)25-23-27-20-19(22(32)28-23)17(11-18(30)26-20)21(31)24-15-9-5-14(6-10-15)13(2)29/h3-10,17H,11H2,1-2H3,(H,24,31)(H3,25,26,27,28,30,32)/t17-/m0/s1. The van der Waals surface area contributed by atoms with Crippen LogP contribution in [0, 0.1) is 6.92 Å². The highest BCUT2D eigenvalue weighted by atomic mass is 16.2. The molecule has 2 amide bonds. The molecule has 162 valence electrons. The molecule has 0 fully saturated rings. The third-order valence-corrected chi connectivity index (χ3v) is 5.14. The number of amides is 2. The van der Waals surface area contributed by atoms with E-state index in [1.807, 2.05) is 31.2 Å². The number of nitrogens with zero attached hydrogens (tertiary/aromatic N) is 1. The number of aromatic amines is 1. The summed E-state index contributed by atoms with van der Waals surface area (Å²) in [5.41, 5.74) is 2.34. The van der Waals surface area contributed by atoms with Crippen LogP contribution >= 0.6 is 0 Å². The highest BCUT2D eigenvalue weighted by molar-refractivity contribution is 6.04. The van der Waals surface area contributed by atoms with Crippen molar-refractivity contribution in [2.24, 2.45) is 0 Å². The van der Waals surface area contributed by atoms with Gasteiger partial charge in [-0.15, -0.1) is 0 Å². The second kappa shape index (κ2) is 8.46. The van der Waals surface area contributed by atoms with E-state index in [0.29, 0.717) is 16.9 Å². The van der Waals surface area contributed by atoms with Gasteiger partial charge in [0.05, 0.1) is 11.5 Å². The Morgan fingerprint density at radius 2 is 1.66 bits per heavy atom. The molecule has 0 radical (unpaired) electrons. The second-order valence-corrected chi connectivity index (χ2v) is 7.60. The molecule has 9 nitrogen and oxygen atoms in total. The molecule has 1 aliphatic heterocycles. The van der Waals surface area contributed by atoms with E-state index in [9.17, 15) is 19.2 Å². The minimum absolute atomic E-state index is 0.0479. The van der Waals surface area contributed by atoms with Crippen LogP contribution in [0.5, 0.6) is 0 Å². The lowest BCUT2D eigenvalue weighted by atomic mass is 9.92. The maximum atomic E-state index is 12.9. The lowest BCUT2D eigenvalue weighted by Gasteiger charge is -2.23. The highest BCUT2D eigenvalue weighted by Crippen LogP contribution is 2.30. The number of hydrogen-bond acceptors (Lipinski definition) is 6. The normalized spacial score (nSPS) is 14.8. The van der Waals surface area contributed by atoms with Crippen LogP contribution in [0.1, 0.15) is 40.7 Å². The third-order valence-electron chi connectivity index (χ3n) is 5.14. The number of aryl methyl sites for hydroxylation is 1. The number of Topliss-reactive ketones (excluding diaryl/α,β-unsaturated/α-hetero) is 1. The van der Waals surface area contributed by atoms with Gasteiger partial charge in [0.1, 0.15) is 5.82 Å². The number of rotatable bonds is 5. The number of anilines is 4. The summed E-state index contributed by atoms with van der Waals surface area (Å²) in [6.45, 7) is 3.41. The molecule has 1 atom stereocenters. The fraction of sp³-hybridized carbons (Fsp3) is 0.174. The fourth-order valence-electron chi connectivity index (χ4n) is 3.45. The SMILES string of the molecule is CC(=O)c1ccc(NC(=O)[C@H]2CC(=O)Nc3nc(Nc4ccc(C)cc4)[nH]c(=O)c32)cc1. The number of carbonyl (C=O) groups excluding carboxylic acids is 3. The summed E-state index contributed by atoms with van der Waals surface area (Å²) >= 11 is 0. The summed E-state index contributed by atoms with van der Waals surface area (Å²) in [5.74, 6) is -1.82. The molecular formula is C23H21N5O4. The Bertz CT molecular complexity index is 1260. The first-order valence-corrected chi connectivity index (χ1v) is 10.00. The number of H-pyrrole nitrogens is 1. The number of carbonyl (C=O) groups is 3. The van der Waals surface area contributed by atoms with Crippen LogP contribution in [-0.2, 0) is 9.59 Å². The number of fused-ring (bicyclic) bond motifs is 1. The van der Waals surface area contributed by atoms with Crippen molar-refractivity contribution in [1.29, 1.82) is 0 Å². The Balaban J connectivity index is 1.59. The molecule has 0 saturated heterocycles. The Hall–Kier alpha value is -4.27. The molecule has 0 bridgehead atoms. The molecule has 0 saturated carbocycles. The molecule has 2 aromatic carbocycles. The van der Waals surface area contributed by atoms with Gasteiger partial charge in [0.25, 0.3) is 5.56 Å². The van der Waals surface area contributed by atoms with Gasteiger partial charge in [0.15, 0.2) is 5.78 Å². The van der Waals surface area contributed by atoms with Crippen molar-refractivity contribution in [3.05, 3.63) is 75.6 Å². The average molecular weight is 431 g/mol. The lowest BCUT2D eigenvalue weighted by Crippen LogP contribution is -2.36. The smallest absolute Gasteiger partial charge is 0.258 e. The first-order chi connectivity index (χ1) is 15.3. The van der Waals surface area contributed by atoms with Crippen LogP contribution < -0.4 is 21.5 Å². The molecule has 4 rings (SSSR count). The Kier molecular flexibility index (Phi) is 5.55. The Morgan fingerprint density at radius 3 is 2.31 bits per heavy atom. The van der Waals surface area contributed by atoms with Gasteiger partial charge in [-0.3, -0.25) is 24.2 Å². The zero-order valence-electron chi connectivity index (χ0n) is 17.5. The molecule has 1 aromatic heterocycles. The lowest BCUT2D eigenvalue weighted by molar-refractivity contribution is -0.123. The molecule has 4 N–H and O–H groups in total. The van der Waals surface area contributed by atoms with E-state index in [1.54, 1.807) is 24.3 Å². The number of nitrogens with one attached hydrogen (secondary N) is 4. The molecular weight excluding hydrogens is 410 g/mol. The predicted octanol–water partition coefficient (Wildman–Crippen LogP) is 3.09. The Labute approximate surface area is 183 Å². The monoisotopic (exact) mass is 431 g/mol. The Morgan fingerprint density at radius 1 is 1.00 bits per heavy atom. The summed E-state index contributed by atoms with van der Waals surface area (Å²) in [4.78, 5) is 56.3. The summed E-state index contributed by atoms with van der Waals surface area (Å²) in [5, 5.41) is 8.27. The van der Waals surface area contributed by atoms with Crippen LogP contribution in [0.4, 0.5) is 23.1 Å². The van der Waals surface area contributed by atoms with Crippen LogP contribution in [0.3, 0.4) is 0 Å². The third kappa shape index (κ3) is 4.41. The van der Waals surface area contributed by atoms with E-state index in [1.165, 1.54) is 6.92 Å². The molecule has 0 aliphatic carbocycles. The first kappa shape index (κ1) is 21.0. The van der Waals surface area contributed by atoms with Crippen molar-refractivity contribution < 1.29 is 14.4 Å². The number of aromatic nitrogens is 2. The molecule has 32 heavy (non-hydrogen) atoms. The van der Waals surface area contributed by atoms with Gasteiger partial charge in [-0.2, -0.15) is 4.98 Å². The van der Waals surface area contributed by atoms with Gasteiger partial charge < -0.3 is 16.0 Å². The van der Waals surface area contributed by atoms with E-state index >= 15 is 0 Å². The minimum Gasteiger partial charge on any atom is -0.326 e. The van der Waals surface area contributed by atoms with E-state index in [-0.39, 0.29) is 29.5 Å². The highest BCUT2D eigenvalue weighted by Gasteiger charge is 2.34. The maximum Gasteiger partial charge on any atom is 0.258 e. The van der Waals surface area contributed by atoms with Gasteiger partial charge in [-0.05, 0) is 50.2 Å². The summed E-state index contributed by atoms with van der Waals surface area (Å²) in [6.07, 6.45) is -0.181. The largest absolute Gasteiger partial charge is 0.326 e. The number of hydrogen-bond donors (Lipinski definition) is 4. The molecule has 9 heteroatoms. The fourth-order valence-corrected chi connectivity index (χ4v) is 3.45. The van der Waals surface area contributed by atoms with Crippen molar-refractivity contribution in [2.45, 2.75) is 26.2 Å². The van der Waals surface area contributed by atoms with Gasteiger partial charge in [-0.25, -0.2) is 0 Å². The molecule has 3 aromatic rings. The van der Waals surface area contributed by atoms with Crippen molar-refractivity contribution >= 4 is 40.7 Å². The first-order valence-electron chi connectivity index (χ1n) is 10.00. The van der Waals surface area contributed by atoms with Gasteiger partial charge in [-0.1, -0.05) is 17.7 Å². The summed E-state index contributed by atoms with van der Waals surface area (Å²) in [6, 6.07) is 13.9. The zero-order chi connectivity index (χ0) is 22.8. The minimum atomic E-state index is -1.00. The molecule has 1 aliphatic rings. The van der Waals surface area contributed by atoms with E-state index < -0.39 is 23.3 Å². The van der Waals surface area contributed by atoms with Gasteiger partial charge >= 0.3 is 0 Å². The summed E-state index contributed by atoms with van der Waals surface area (Å²) in [7, 11) is 0. The number of benzene rings is 2. The van der Waals surface area contributed by atoms with Crippen molar-refractivity contribution in [3.8, 4) is 0 Å². The molecule has 2 heterocycles. The van der Waals surface area contributed by atoms with E-state index in [4.69, 9.17) is 0 Å². The van der Waals surface area contributed by atoms with Crippen molar-refractivity contribution in [2.75, 3.05) is 16.0 Å². The summed E-state index contributed by atoms with van der Waals surface area (Å²) < 4.78 is 0. The van der Waals surface area contributed by atoms with Crippen molar-refractivity contribution in [1.82, 2.24) is 9.97 Å². The van der Waals surface area contributed by atoms with E-state index in [2.05, 4.69) is 25.9 Å². The molecule has 0 unspecified atom stereocenters. The van der Waals surface area contributed by atoms with E-state index in [0.717, 1.165) is 5.56 Å². The number of ketones is 1. The zero-order valence-corrected chi connectivity index (χ0v) is 17.5. The molecule has 0 spiro atoms. The van der Waals surface area contributed by atoms with Crippen molar-refractivity contribution in [3.63, 3.8) is 0 Å². The quantitative estimate of drug-likeness (QED) is 0.459. The second-order valence-electron chi connectivity index (χ2n) is 7.60. The van der Waals surface area contributed by atoms with Crippen LogP contribution in [0.15, 0.2) is 53.3 Å². The van der Waals surface area contributed by atoms with Crippen LogP contribution in [0.2, 0.25) is 0 Å². The van der Waals surface area contributed by atoms with Gasteiger partial charge in [0.2, 0.25) is 17.8 Å². The maximum absolute atomic E-state index is 12.9. The van der Waals surface area contributed by atoms with Gasteiger partial charge in [0, 0.05) is 23.4 Å². The topological polar surface area (TPSA) is 133 Å².